The molecule has 0 saturated heterocycles. The van der Waals surface area contributed by atoms with Crippen LogP contribution in [-0.2, 0) is 9.59 Å². The second-order valence-corrected chi connectivity index (χ2v) is 4.28. The van der Waals surface area contributed by atoms with Gasteiger partial charge in [0, 0.05) is 12.3 Å². The summed E-state index contributed by atoms with van der Waals surface area (Å²) >= 11 is 3.90. The van der Waals surface area contributed by atoms with E-state index in [1.165, 1.54) is 0 Å². The Bertz CT molecular complexity index is 329. The first-order valence-corrected chi connectivity index (χ1v) is 6.35. The minimum absolute atomic E-state index is 0.0636. The normalized spacial score (nSPS) is 13.4. The molecule has 0 aliphatic rings. The van der Waals surface area contributed by atoms with E-state index in [1.54, 1.807) is 0 Å². The molecule has 7 N–H and O–H groups in total. The summed E-state index contributed by atoms with van der Waals surface area (Å²) in [5.41, 5.74) is 10.3. The number of carbonyl (C=O) groups excluding carboxylic acids is 1. The highest BCUT2D eigenvalue weighted by atomic mass is 32.1. The maximum Gasteiger partial charge on any atom is 0.326 e. The van der Waals surface area contributed by atoms with Crippen molar-refractivity contribution in [3.8, 4) is 0 Å². The van der Waals surface area contributed by atoms with E-state index in [4.69, 9.17) is 21.7 Å². The fourth-order valence-electron chi connectivity index (χ4n) is 1.27. The van der Waals surface area contributed by atoms with Crippen molar-refractivity contribution in [3.63, 3.8) is 0 Å². The first-order valence-electron chi connectivity index (χ1n) is 5.72. The fourth-order valence-corrected chi connectivity index (χ4v) is 1.56. The van der Waals surface area contributed by atoms with Gasteiger partial charge in [0.25, 0.3) is 0 Å². The zero-order valence-corrected chi connectivity index (χ0v) is 11.3. The van der Waals surface area contributed by atoms with E-state index in [0.717, 1.165) is 0 Å². The van der Waals surface area contributed by atoms with E-state index in [0.29, 0.717) is 6.42 Å². The number of aliphatic carboxylic acids is 1. The summed E-state index contributed by atoms with van der Waals surface area (Å²) in [6.07, 6.45) is 0.613. The molecule has 1 amide bonds. The molecule has 0 aliphatic carbocycles. The zero-order valence-electron chi connectivity index (χ0n) is 10.5. The van der Waals surface area contributed by atoms with E-state index >= 15 is 0 Å². The van der Waals surface area contributed by atoms with Crippen molar-refractivity contribution in [2.45, 2.75) is 18.9 Å². The molecule has 110 valence electrons. The van der Waals surface area contributed by atoms with Gasteiger partial charge in [-0.1, -0.05) is 0 Å². The second kappa shape index (κ2) is 9.45. The maximum absolute atomic E-state index is 11.6. The molecule has 0 spiro atoms. The molecule has 0 bridgehead atoms. The minimum atomic E-state index is -1.14. The van der Waals surface area contributed by atoms with Gasteiger partial charge in [0.1, 0.15) is 6.04 Å². The van der Waals surface area contributed by atoms with Crippen LogP contribution in [-0.4, -0.2) is 53.0 Å². The second-order valence-electron chi connectivity index (χ2n) is 3.91. The number of carboxylic acids is 1. The van der Waals surface area contributed by atoms with Crippen molar-refractivity contribution in [3.05, 3.63) is 0 Å². The number of amides is 1. The molecule has 0 aromatic carbocycles. The smallest absolute Gasteiger partial charge is 0.326 e. The van der Waals surface area contributed by atoms with Gasteiger partial charge in [0.15, 0.2) is 5.96 Å². The number of hydrogen-bond acceptors (Lipinski definition) is 5. The lowest BCUT2D eigenvalue weighted by molar-refractivity contribution is -0.142. The number of rotatable bonds is 9. The van der Waals surface area contributed by atoms with Crippen LogP contribution in [0.5, 0.6) is 0 Å². The highest BCUT2D eigenvalue weighted by Crippen LogP contribution is 2.03. The summed E-state index contributed by atoms with van der Waals surface area (Å²) in [5.74, 6) is -2.32. The average Bonchev–Trinajstić information content (AvgIpc) is 2.33. The van der Waals surface area contributed by atoms with Gasteiger partial charge in [-0.05, 0) is 12.8 Å². The molecule has 0 aromatic heterocycles. The standard InChI is InChI=1S/C10H20N4O4S/c11-10(12)13-3-1-2-7(9(17)18)14-8(16)6(4-15)5-19/h6-7,15,19H,1-5H2,(H,14,16)(H,17,18)(H4,11,12,13)/t6?,7-/m0/s1. The minimum Gasteiger partial charge on any atom is -0.480 e. The molecule has 1 unspecified atom stereocenters. The summed E-state index contributed by atoms with van der Waals surface area (Å²) < 4.78 is 0. The molecule has 0 fully saturated rings. The third-order valence-corrected chi connectivity index (χ3v) is 2.81. The monoisotopic (exact) mass is 292 g/mol. The molecule has 0 rings (SSSR count). The average molecular weight is 292 g/mol. The zero-order chi connectivity index (χ0) is 14.8. The van der Waals surface area contributed by atoms with E-state index in [2.05, 4.69) is 22.9 Å². The quantitative estimate of drug-likeness (QED) is 0.127. The van der Waals surface area contributed by atoms with Gasteiger partial charge in [0.05, 0.1) is 12.5 Å². The molecule has 0 aliphatic heterocycles. The van der Waals surface area contributed by atoms with E-state index in [-0.39, 0.29) is 31.3 Å². The molecule has 0 saturated carbocycles. The summed E-state index contributed by atoms with van der Waals surface area (Å²) in [7, 11) is 0. The number of carboxylic acid groups (broad SMARTS) is 1. The largest absolute Gasteiger partial charge is 0.480 e. The Labute approximate surface area is 116 Å². The lowest BCUT2D eigenvalue weighted by Gasteiger charge is -2.17. The number of aliphatic hydroxyl groups excluding tert-OH is 1. The Hall–Kier alpha value is -1.48. The molecule has 9 heteroatoms. The van der Waals surface area contributed by atoms with Crippen LogP contribution in [0.4, 0.5) is 0 Å². The predicted octanol–water partition coefficient (Wildman–Crippen LogP) is -1.85. The van der Waals surface area contributed by atoms with Gasteiger partial charge >= 0.3 is 5.97 Å². The van der Waals surface area contributed by atoms with Gasteiger partial charge in [0.2, 0.25) is 5.91 Å². The van der Waals surface area contributed by atoms with Crippen molar-refractivity contribution < 1.29 is 19.8 Å². The number of nitrogens with zero attached hydrogens (tertiary/aromatic N) is 1. The van der Waals surface area contributed by atoms with Crippen LogP contribution in [0.1, 0.15) is 12.8 Å². The lowest BCUT2D eigenvalue weighted by Crippen LogP contribution is -2.45. The Kier molecular flexibility index (Phi) is 8.71. The third kappa shape index (κ3) is 7.52. The van der Waals surface area contributed by atoms with E-state index < -0.39 is 23.8 Å². The molecule has 2 atom stereocenters. The number of nitrogens with two attached hydrogens (primary N) is 2. The van der Waals surface area contributed by atoms with Gasteiger partial charge in [-0.25, -0.2) is 4.79 Å². The lowest BCUT2D eigenvalue weighted by atomic mass is 10.1. The van der Waals surface area contributed by atoms with Crippen LogP contribution in [0.25, 0.3) is 0 Å². The van der Waals surface area contributed by atoms with Crippen LogP contribution in [0.3, 0.4) is 0 Å². The highest BCUT2D eigenvalue weighted by molar-refractivity contribution is 7.80. The van der Waals surface area contributed by atoms with Gasteiger partial charge in [-0.3, -0.25) is 9.79 Å². The first-order chi connectivity index (χ1) is 8.92. The number of guanidine groups is 1. The molecule has 0 aromatic rings. The summed E-state index contributed by atoms with van der Waals surface area (Å²) in [4.78, 5) is 26.3. The Morgan fingerprint density at radius 3 is 2.42 bits per heavy atom. The van der Waals surface area contributed by atoms with E-state index in [9.17, 15) is 9.59 Å². The molecule has 0 radical (unpaired) electrons. The number of thiol groups is 1. The number of hydrogen-bond donors (Lipinski definition) is 6. The van der Waals surface area contributed by atoms with Crippen LogP contribution in [0, 0.1) is 5.92 Å². The predicted molar refractivity (Wildman–Crippen MR) is 73.9 cm³/mol. The van der Waals surface area contributed by atoms with E-state index in [1.807, 2.05) is 0 Å². The Morgan fingerprint density at radius 2 is 2.00 bits per heavy atom. The van der Waals surface area contributed by atoms with Crippen LogP contribution < -0.4 is 16.8 Å². The summed E-state index contributed by atoms with van der Waals surface area (Å²) in [6.45, 7) is -0.0896. The molecular formula is C10H20N4O4S. The summed E-state index contributed by atoms with van der Waals surface area (Å²) in [5, 5.41) is 20.2. The third-order valence-electron chi connectivity index (χ3n) is 2.37. The van der Waals surface area contributed by atoms with Gasteiger partial charge in [-0.15, -0.1) is 0 Å². The number of carbonyl (C=O) groups is 2. The number of aliphatic hydroxyl groups is 1. The van der Waals surface area contributed by atoms with Gasteiger partial charge in [-0.2, -0.15) is 12.6 Å². The Morgan fingerprint density at radius 1 is 1.37 bits per heavy atom. The Balaban J connectivity index is 4.30. The SMILES string of the molecule is NC(N)=NCCC[C@H](NC(=O)C(CO)CS)C(=O)O. The highest BCUT2D eigenvalue weighted by Gasteiger charge is 2.23. The molecule has 19 heavy (non-hydrogen) atoms. The number of nitrogens with one attached hydrogen (secondary N) is 1. The molecular weight excluding hydrogens is 272 g/mol. The molecule has 0 heterocycles. The van der Waals surface area contributed by atoms with Crippen molar-refractivity contribution >= 4 is 30.5 Å². The van der Waals surface area contributed by atoms with Crippen LogP contribution >= 0.6 is 12.6 Å². The van der Waals surface area contributed by atoms with Gasteiger partial charge < -0.3 is 27.0 Å². The van der Waals surface area contributed by atoms with Crippen molar-refractivity contribution in [1.29, 1.82) is 0 Å². The van der Waals surface area contributed by atoms with Crippen molar-refractivity contribution in [1.82, 2.24) is 5.32 Å². The molecule has 8 nitrogen and oxygen atoms in total. The van der Waals surface area contributed by atoms with Crippen molar-refractivity contribution in [2.24, 2.45) is 22.4 Å². The number of aliphatic imine (C=N–C) groups is 1. The van der Waals surface area contributed by atoms with Crippen LogP contribution in [0.15, 0.2) is 4.99 Å². The first kappa shape index (κ1) is 17.5. The topological polar surface area (TPSA) is 151 Å². The van der Waals surface area contributed by atoms with Crippen LogP contribution in [0.2, 0.25) is 0 Å². The maximum atomic E-state index is 11.6. The van der Waals surface area contributed by atoms with Crippen molar-refractivity contribution in [2.75, 3.05) is 18.9 Å². The summed E-state index contributed by atoms with van der Waals surface area (Å²) in [6, 6.07) is -1.03. The fraction of sp³-hybridized carbons (Fsp3) is 0.700.